The zero-order valence-corrected chi connectivity index (χ0v) is 26.7. The summed E-state index contributed by atoms with van der Waals surface area (Å²) in [5.41, 5.74) is 5.99. The third-order valence-corrected chi connectivity index (χ3v) is 7.28. The molecule has 0 unspecified atom stereocenters. The number of benzene rings is 1. The molecular weight excluding hydrogens is 592 g/mol. The molecule has 0 aliphatic rings. The van der Waals surface area contributed by atoms with Gasteiger partial charge in [0, 0.05) is 27.6 Å². The van der Waals surface area contributed by atoms with E-state index >= 15 is 0 Å². The van der Waals surface area contributed by atoms with Gasteiger partial charge in [0.25, 0.3) is 0 Å². The van der Waals surface area contributed by atoms with Crippen LogP contribution in [0.15, 0.2) is 30.3 Å². The molecular formula is C29H44N6O8S. The average molecular weight is 637 g/mol. The van der Waals surface area contributed by atoms with E-state index in [0.29, 0.717) is 6.42 Å². The number of rotatable bonds is 19. The maximum Gasteiger partial charge on any atom is 0.305 e. The summed E-state index contributed by atoms with van der Waals surface area (Å²) in [6, 6.07) is 5.83. The van der Waals surface area contributed by atoms with Crippen molar-refractivity contribution in [2.24, 2.45) is 5.73 Å². The van der Waals surface area contributed by atoms with E-state index in [-0.39, 0.29) is 31.0 Å². The molecule has 15 heteroatoms. The number of thioether (sulfide) groups is 1. The van der Waals surface area contributed by atoms with Gasteiger partial charge in [-0.25, -0.2) is 0 Å². The van der Waals surface area contributed by atoms with Crippen molar-refractivity contribution in [1.82, 2.24) is 25.3 Å². The maximum absolute atomic E-state index is 13.4. The van der Waals surface area contributed by atoms with Crippen LogP contribution in [0.1, 0.15) is 38.2 Å². The molecule has 0 aliphatic heterocycles. The van der Waals surface area contributed by atoms with Gasteiger partial charge in [-0.3, -0.25) is 33.6 Å². The normalized spacial score (nSPS) is 12.7. The Balaban J connectivity index is 3.00. The van der Waals surface area contributed by atoms with Crippen molar-refractivity contribution in [2.75, 3.05) is 46.2 Å². The van der Waals surface area contributed by atoms with Crippen molar-refractivity contribution in [3.8, 4) is 0 Å². The highest BCUT2D eigenvalue weighted by Gasteiger charge is 2.32. The molecule has 0 fully saturated rings. The minimum Gasteiger partial charge on any atom is -0.481 e. The van der Waals surface area contributed by atoms with Gasteiger partial charge in [-0.2, -0.15) is 11.8 Å². The molecule has 1 aromatic carbocycles. The number of nitrogens with zero attached hydrogens (tertiary/aromatic N) is 3. The second-order valence-corrected chi connectivity index (χ2v) is 11.3. The van der Waals surface area contributed by atoms with Gasteiger partial charge >= 0.3 is 5.97 Å². The van der Waals surface area contributed by atoms with Crippen LogP contribution in [0.3, 0.4) is 0 Å². The van der Waals surface area contributed by atoms with E-state index < -0.39 is 66.6 Å². The number of carboxylic acid groups (broad SMARTS) is 1. The lowest BCUT2D eigenvalue weighted by Gasteiger charge is -2.32. The molecule has 0 saturated carbocycles. The van der Waals surface area contributed by atoms with Crippen LogP contribution in [-0.4, -0.2) is 126 Å². The number of unbranched alkanes of at least 4 members (excludes halogenated alkanes) is 1. The third-order valence-electron chi connectivity index (χ3n) is 6.73. The van der Waals surface area contributed by atoms with E-state index in [4.69, 9.17) is 10.8 Å². The number of aliphatic carboxylic acids is 1. The molecule has 0 spiro atoms. The SMILES string of the molecule is CCCC[C@@H](C(=O)N(C)CC(=O)N[C@@H](CC(=O)O)C(N)=O)N(C)C(=O)CN(C)C(=O)[C@H](Cc1ccccc1)NC(=O)CSC. The molecule has 0 saturated heterocycles. The molecule has 1 aromatic rings. The predicted molar refractivity (Wildman–Crippen MR) is 165 cm³/mol. The Morgan fingerprint density at radius 3 is 2.02 bits per heavy atom. The Morgan fingerprint density at radius 2 is 1.48 bits per heavy atom. The van der Waals surface area contributed by atoms with Crippen LogP contribution in [-0.2, 0) is 40.0 Å². The summed E-state index contributed by atoms with van der Waals surface area (Å²) < 4.78 is 0. The molecule has 1 rings (SSSR count). The summed E-state index contributed by atoms with van der Waals surface area (Å²) in [5, 5.41) is 13.9. The molecule has 0 bridgehead atoms. The van der Waals surface area contributed by atoms with Crippen LogP contribution in [0.4, 0.5) is 0 Å². The fourth-order valence-corrected chi connectivity index (χ4v) is 4.66. The Bertz CT molecular complexity index is 1170. The standard InChI is InChI=1S/C29H44N6O8S/c1-6-7-13-22(29(43)33(2)16-23(36)31-20(27(30)41)15-26(39)40)35(4)25(38)17-34(3)28(42)21(32-24(37)18-44-5)14-19-11-9-8-10-12-19/h8-12,20-22H,6-7,13-18H2,1-5H3,(H2,30,41)(H,31,36)(H,32,37)(H,39,40)/t20-,21-,22-/m0/s1. The zero-order valence-electron chi connectivity index (χ0n) is 25.9. The summed E-state index contributed by atoms with van der Waals surface area (Å²) in [6.07, 6.45) is 2.88. The number of nitrogens with two attached hydrogens (primary N) is 1. The molecule has 14 nitrogen and oxygen atoms in total. The number of carbonyl (C=O) groups is 7. The first-order valence-corrected chi connectivity index (χ1v) is 15.5. The van der Waals surface area contributed by atoms with Crippen molar-refractivity contribution in [3.05, 3.63) is 35.9 Å². The van der Waals surface area contributed by atoms with E-state index in [1.807, 2.05) is 37.3 Å². The van der Waals surface area contributed by atoms with Crippen LogP contribution in [0.25, 0.3) is 0 Å². The number of hydrogen-bond donors (Lipinski definition) is 4. The Morgan fingerprint density at radius 1 is 0.886 bits per heavy atom. The summed E-state index contributed by atoms with van der Waals surface area (Å²) in [5.74, 6) is -4.88. The molecule has 244 valence electrons. The molecule has 0 heterocycles. The van der Waals surface area contributed by atoms with Gasteiger partial charge in [0.1, 0.15) is 18.1 Å². The van der Waals surface area contributed by atoms with Gasteiger partial charge in [-0.05, 0) is 18.2 Å². The first kappa shape index (κ1) is 37.9. The number of hydrogen-bond acceptors (Lipinski definition) is 8. The smallest absolute Gasteiger partial charge is 0.305 e. The highest BCUT2D eigenvalue weighted by Crippen LogP contribution is 2.13. The van der Waals surface area contributed by atoms with Crippen molar-refractivity contribution < 1.29 is 38.7 Å². The fraction of sp³-hybridized carbons (Fsp3) is 0.552. The molecule has 0 radical (unpaired) electrons. The molecule has 0 aromatic heterocycles. The zero-order chi connectivity index (χ0) is 33.4. The van der Waals surface area contributed by atoms with Crippen molar-refractivity contribution in [2.45, 2.75) is 57.2 Å². The Labute approximate surface area is 262 Å². The first-order valence-electron chi connectivity index (χ1n) is 14.1. The lowest BCUT2D eigenvalue weighted by molar-refractivity contribution is -0.148. The number of nitrogens with one attached hydrogen (secondary N) is 2. The number of carbonyl (C=O) groups excluding carboxylic acids is 6. The van der Waals surface area contributed by atoms with Gasteiger partial charge < -0.3 is 36.2 Å². The number of likely N-dealkylation sites (N-methyl/N-ethyl adjacent to an activating group) is 3. The van der Waals surface area contributed by atoms with Crippen LogP contribution < -0.4 is 16.4 Å². The van der Waals surface area contributed by atoms with E-state index in [0.717, 1.165) is 16.9 Å². The van der Waals surface area contributed by atoms with Crippen LogP contribution in [0.5, 0.6) is 0 Å². The first-order chi connectivity index (χ1) is 20.7. The van der Waals surface area contributed by atoms with Crippen molar-refractivity contribution >= 4 is 53.2 Å². The van der Waals surface area contributed by atoms with E-state index in [2.05, 4.69) is 10.6 Å². The quantitative estimate of drug-likeness (QED) is 0.154. The van der Waals surface area contributed by atoms with E-state index in [1.165, 1.54) is 42.7 Å². The van der Waals surface area contributed by atoms with Crippen molar-refractivity contribution in [3.63, 3.8) is 0 Å². The largest absolute Gasteiger partial charge is 0.481 e. The summed E-state index contributed by atoms with van der Waals surface area (Å²) in [7, 11) is 4.22. The van der Waals surface area contributed by atoms with Gasteiger partial charge in [-0.15, -0.1) is 0 Å². The van der Waals surface area contributed by atoms with Crippen molar-refractivity contribution in [1.29, 1.82) is 0 Å². The fourth-order valence-electron chi connectivity index (χ4n) is 4.31. The van der Waals surface area contributed by atoms with E-state index in [1.54, 1.807) is 6.26 Å². The second kappa shape index (κ2) is 19.2. The molecule has 6 amide bonds. The lowest BCUT2D eigenvalue weighted by Crippen LogP contribution is -2.55. The minimum atomic E-state index is -1.45. The van der Waals surface area contributed by atoms with Crippen LogP contribution >= 0.6 is 11.8 Å². The monoisotopic (exact) mass is 636 g/mol. The lowest BCUT2D eigenvalue weighted by atomic mass is 10.0. The molecule has 3 atom stereocenters. The third kappa shape index (κ3) is 13.0. The number of carboxylic acids is 1. The van der Waals surface area contributed by atoms with Gasteiger partial charge in [0.15, 0.2) is 0 Å². The predicted octanol–water partition coefficient (Wildman–Crippen LogP) is -0.544. The molecule has 5 N–H and O–H groups in total. The van der Waals surface area contributed by atoms with Gasteiger partial charge in [0.05, 0.1) is 25.3 Å². The van der Waals surface area contributed by atoms with Gasteiger partial charge in [-0.1, -0.05) is 50.1 Å². The summed E-state index contributed by atoms with van der Waals surface area (Å²) >= 11 is 1.31. The summed E-state index contributed by atoms with van der Waals surface area (Å²) in [6.45, 7) is 1.04. The van der Waals surface area contributed by atoms with Crippen LogP contribution in [0.2, 0.25) is 0 Å². The van der Waals surface area contributed by atoms with Gasteiger partial charge in [0.2, 0.25) is 35.4 Å². The molecule has 0 aliphatic carbocycles. The minimum absolute atomic E-state index is 0.166. The highest BCUT2D eigenvalue weighted by atomic mass is 32.2. The number of primary amides is 1. The van der Waals surface area contributed by atoms with E-state index in [9.17, 15) is 33.6 Å². The average Bonchev–Trinajstić information content (AvgIpc) is 2.96. The maximum atomic E-state index is 13.4. The molecule has 44 heavy (non-hydrogen) atoms. The Hall–Kier alpha value is -4.14. The highest BCUT2D eigenvalue weighted by molar-refractivity contribution is 7.99. The second-order valence-electron chi connectivity index (χ2n) is 10.4. The summed E-state index contributed by atoms with van der Waals surface area (Å²) in [4.78, 5) is 90.9. The Kier molecular flexibility index (Phi) is 16.5. The topological polar surface area (TPSA) is 200 Å². The van der Waals surface area contributed by atoms with Crippen LogP contribution in [0, 0.1) is 0 Å². The number of amides is 6.